The third kappa shape index (κ3) is 4.76. The number of aromatic nitrogens is 1. The van der Waals surface area contributed by atoms with Gasteiger partial charge in [-0.05, 0) is 50.5 Å². The van der Waals surface area contributed by atoms with Gasteiger partial charge in [0, 0.05) is 42.8 Å². The van der Waals surface area contributed by atoms with Crippen molar-refractivity contribution >= 4 is 28.9 Å². The van der Waals surface area contributed by atoms with Crippen LogP contribution in [0.3, 0.4) is 0 Å². The molecule has 2 aromatic carbocycles. The Labute approximate surface area is 192 Å². The fraction of sp³-hybridized carbons (Fsp3) is 0.280. The van der Waals surface area contributed by atoms with Crippen LogP contribution < -0.4 is 16.0 Å². The maximum absolute atomic E-state index is 13.5. The molecule has 1 fully saturated rings. The molecule has 0 spiro atoms. The minimum atomic E-state index is -0.534. The lowest BCUT2D eigenvalue weighted by Gasteiger charge is -2.34. The van der Waals surface area contributed by atoms with Crippen LogP contribution in [0.25, 0.3) is 11.1 Å². The van der Waals surface area contributed by atoms with E-state index < -0.39 is 5.82 Å². The van der Waals surface area contributed by atoms with Gasteiger partial charge in [0.25, 0.3) is 5.91 Å². The minimum Gasteiger partial charge on any atom is -0.370 e. The number of anilines is 2. The normalized spacial score (nSPS) is 14.5. The van der Waals surface area contributed by atoms with E-state index >= 15 is 0 Å². The summed E-state index contributed by atoms with van der Waals surface area (Å²) >= 11 is 5.89. The molecular formula is C25H26ClFN4O. The average molecular weight is 453 g/mol. The number of nitrogens with two attached hydrogens (primary N) is 1. The fourth-order valence-corrected chi connectivity index (χ4v) is 4.38. The third-order valence-electron chi connectivity index (χ3n) is 5.73. The van der Waals surface area contributed by atoms with Crippen molar-refractivity contribution < 1.29 is 9.18 Å². The predicted octanol–water partition coefficient (Wildman–Crippen LogP) is 5.34. The van der Waals surface area contributed by atoms with E-state index in [-0.39, 0.29) is 17.0 Å². The maximum Gasteiger partial charge on any atom is 0.259 e. The Hall–Kier alpha value is -2.96. The molecule has 1 saturated heterocycles. The van der Waals surface area contributed by atoms with Crippen LogP contribution >= 0.6 is 11.6 Å². The molecule has 32 heavy (non-hydrogen) atoms. The van der Waals surface area contributed by atoms with Crippen molar-refractivity contribution in [1.82, 2.24) is 4.98 Å². The van der Waals surface area contributed by atoms with Crippen LogP contribution in [0, 0.1) is 19.7 Å². The van der Waals surface area contributed by atoms with Gasteiger partial charge in [0.05, 0.1) is 16.3 Å². The van der Waals surface area contributed by atoms with Gasteiger partial charge in [-0.15, -0.1) is 0 Å². The monoisotopic (exact) mass is 452 g/mol. The fourth-order valence-electron chi connectivity index (χ4n) is 4.20. The first kappa shape index (κ1) is 22.2. The van der Waals surface area contributed by atoms with Gasteiger partial charge in [0.2, 0.25) is 0 Å². The number of piperidine rings is 1. The molecule has 0 saturated carbocycles. The van der Waals surface area contributed by atoms with E-state index in [2.05, 4.69) is 47.2 Å². The van der Waals surface area contributed by atoms with Crippen molar-refractivity contribution in [3.05, 3.63) is 76.3 Å². The lowest BCUT2D eigenvalue weighted by molar-refractivity contribution is 0.102. The zero-order valence-electron chi connectivity index (χ0n) is 18.2. The van der Waals surface area contributed by atoms with Crippen LogP contribution in [0.5, 0.6) is 0 Å². The molecule has 0 aliphatic carbocycles. The van der Waals surface area contributed by atoms with Crippen molar-refractivity contribution in [2.45, 2.75) is 32.7 Å². The Kier molecular flexibility index (Phi) is 6.44. The lowest BCUT2D eigenvalue weighted by atomic mass is 9.96. The van der Waals surface area contributed by atoms with Gasteiger partial charge in [-0.3, -0.25) is 9.78 Å². The van der Waals surface area contributed by atoms with Crippen molar-refractivity contribution in [2.75, 3.05) is 23.3 Å². The molecule has 0 atom stereocenters. The number of aryl methyl sites for hydroxylation is 2. The summed E-state index contributed by atoms with van der Waals surface area (Å²) in [6.45, 7) is 5.62. The van der Waals surface area contributed by atoms with E-state index in [9.17, 15) is 9.18 Å². The van der Waals surface area contributed by atoms with E-state index in [1.54, 1.807) is 6.20 Å². The van der Waals surface area contributed by atoms with E-state index in [1.165, 1.54) is 18.2 Å². The number of hydrogen-bond acceptors (Lipinski definition) is 4. The Morgan fingerprint density at radius 1 is 1.12 bits per heavy atom. The highest BCUT2D eigenvalue weighted by Gasteiger charge is 2.25. The highest BCUT2D eigenvalue weighted by Crippen LogP contribution is 2.36. The molecule has 1 aliphatic heterocycles. The van der Waals surface area contributed by atoms with Gasteiger partial charge in [0.15, 0.2) is 0 Å². The van der Waals surface area contributed by atoms with Crippen LogP contribution in [-0.4, -0.2) is 30.0 Å². The molecule has 1 amide bonds. The van der Waals surface area contributed by atoms with Crippen LogP contribution in [-0.2, 0) is 0 Å². The number of carbonyl (C=O) groups is 1. The molecule has 1 aromatic heterocycles. The van der Waals surface area contributed by atoms with Crippen molar-refractivity contribution in [1.29, 1.82) is 0 Å². The molecule has 3 aromatic rings. The summed E-state index contributed by atoms with van der Waals surface area (Å²) in [4.78, 5) is 19.9. The molecule has 5 nitrogen and oxygen atoms in total. The molecular weight excluding hydrogens is 427 g/mol. The molecule has 2 heterocycles. The molecule has 1 aliphatic rings. The number of halogens is 2. The summed E-state index contributed by atoms with van der Waals surface area (Å²) in [5, 5.41) is 2.79. The number of nitrogens with one attached hydrogen (secondary N) is 1. The van der Waals surface area contributed by atoms with Gasteiger partial charge in [0.1, 0.15) is 5.82 Å². The second kappa shape index (κ2) is 9.27. The van der Waals surface area contributed by atoms with Crippen molar-refractivity contribution in [3.63, 3.8) is 0 Å². The Morgan fingerprint density at radius 3 is 2.47 bits per heavy atom. The molecule has 7 heteroatoms. The smallest absolute Gasteiger partial charge is 0.259 e. The van der Waals surface area contributed by atoms with Crippen LogP contribution in [0.15, 0.2) is 48.8 Å². The maximum atomic E-state index is 13.5. The number of hydrogen-bond donors (Lipinski definition) is 2. The van der Waals surface area contributed by atoms with Crippen molar-refractivity contribution in [3.8, 4) is 11.1 Å². The topological polar surface area (TPSA) is 71.2 Å². The SMILES string of the molecule is Cc1cc(C)cc(-c2cncc(C(=O)Nc3ccc(F)c(Cl)c3)c2N2CCC(N)CC2)c1. The molecule has 4 rings (SSSR count). The summed E-state index contributed by atoms with van der Waals surface area (Å²) in [5.41, 5.74) is 12.0. The summed E-state index contributed by atoms with van der Waals surface area (Å²) < 4.78 is 13.5. The van der Waals surface area contributed by atoms with Gasteiger partial charge >= 0.3 is 0 Å². The summed E-state index contributed by atoms with van der Waals surface area (Å²) in [6, 6.07) is 10.6. The second-order valence-electron chi connectivity index (χ2n) is 8.37. The summed E-state index contributed by atoms with van der Waals surface area (Å²) in [7, 11) is 0. The molecule has 0 radical (unpaired) electrons. The number of amides is 1. The summed E-state index contributed by atoms with van der Waals surface area (Å²) in [6.07, 6.45) is 5.09. The van der Waals surface area contributed by atoms with Crippen LogP contribution in [0.2, 0.25) is 5.02 Å². The Morgan fingerprint density at radius 2 is 1.81 bits per heavy atom. The van der Waals surface area contributed by atoms with Gasteiger partial charge in [-0.2, -0.15) is 0 Å². The highest BCUT2D eigenvalue weighted by molar-refractivity contribution is 6.31. The van der Waals surface area contributed by atoms with Crippen LogP contribution in [0.1, 0.15) is 34.3 Å². The largest absolute Gasteiger partial charge is 0.370 e. The molecule has 0 unspecified atom stereocenters. The number of pyridine rings is 1. The quantitative estimate of drug-likeness (QED) is 0.560. The first-order chi connectivity index (χ1) is 15.3. The lowest BCUT2D eigenvalue weighted by Crippen LogP contribution is -2.40. The predicted molar refractivity (Wildman–Crippen MR) is 128 cm³/mol. The minimum absolute atomic E-state index is 0.0462. The second-order valence-corrected chi connectivity index (χ2v) is 8.77. The highest BCUT2D eigenvalue weighted by atomic mass is 35.5. The first-order valence-corrected chi connectivity index (χ1v) is 11.0. The third-order valence-corrected chi connectivity index (χ3v) is 6.02. The molecule has 0 bridgehead atoms. The van der Waals surface area contributed by atoms with Gasteiger partial charge < -0.3 is 16.0 Å². The summed E-state index contributed by atoms with van der Waals surface area (Å²) in [5.74, 6) is -0.857. The Balaban J connectivity index is 1.78. The van der Waals surface area contributed by atoms with E-state index in [4.69, 9.17) is 17.3 Å². The van der Waals surface area contributed by atoms with Crippen LogP contribution in [0.4, 0.5) is 15.8 Å². The van der Waals surface area contributed by atoms with Gasteiger partial charge in [-0.1, -0.05) is 40.9 Å². The van der Waals surface area contributed by atoms with Gasteiger partial charge in [-0.25, -0.2) is 4.39 Å². The first-order valence-electron chi connectivity index (χ1n) is 10.7. The number of rotatable bonds is 4. The van der Waals surface area contributed by atoms with Crippen molar-refractivity contribution in [2.24, 2.45) is 5.73 Å². The number of benzene rings is 2. The average Bonchev–Trinajstić information content (AvgIpc) is 2.76. The van der Waals surface area contributed by atoms with E-state index in [0.717, 1.165) is 53.9 Å². The molecule has 166 valence electrons. The molecule has 3 N–H and O–H groups in total. The zero-order chi connectivity index (χ0) is 22.8. The van der Waals surface area contributed by atoms with E-state index in [0.29, 0.717) is 11.3 Å². The number of nitrogens with zero attached hydrogens (tertiary/aromatic N) is 2. The zero-order valence-corrected chi connectivity index (χ0v) is 18.9. The van der Waals surface area contributed by atoms with E-state index in [1.807, 2.05) is 6.20 Å². The number of carbonyl (C=O) groups excluding carboxylic acids is 1. The standard InChI is InChI=1S/C25H26ClFN4O/c1-15-9-16(2)11-17(10-15)20-13-29-14-21(24(20)31-7-5-18(28)6-8-31)25(32)30-19-3-4-23(27)22(26)12-19/h3-4,9-14,18H,5-8,28H2,1-2H3,(H,30,32). The Bertz CT molecular complexity index is 1140.